The molecule has 0 aromatic heterocycles. The van der Waals surface area contributed by atoms with E-state index in [4.69, 9.17) is 0 Å². The maximum absolute atomic E-state index is 13.1. The number of benzene rings is 3. The lowest BCUT2D eigenvalue weighted by atomic mass is 9.92. The van der Waals surface area contributed by atoms with Gasteiger partial charge in [-0.25, -0.2) is 0 Å². The molecule has 1 heterocycles. The Morgan fingerprint density at radius 1 is 1.03 bits per heavy atom. The number of carbonyl (C=O) groups excluding carboxylic acids is 3. The van der Waals surface area contributed by atoms with Crippen molar-refractivity contribution in [2.45, 2.75) is 13.5 Å². The van der Waals surface area contributed by atoms with Crippen LogP contribution in [0.4, 0.5) is 11.4 Å². The van der Waals surface area contributed by atoms with Gasteiger partial charge in [0.1, 0.15) is 0 Å². The van der Waals surface area contributed by atoms with E-state index in [0.29, 0.717) is 33.2 Å². The van der Waals surface area contributed by atoms with Gasteiger partial charge in [0.25, 0.3) is 17.5 Å². The molecule has 0 bridgehead atoms. The van der Waals surface area contributed by atoms with Gasteiger partial charge in [0.2, 0.25) is 5.91 Å². The molecule has 1 aliphatic rings. The standard InChI is InChI=1S/C21H15N3O5/c1-12(25)22-18-9-8-17-19-15(18)6-3-7-16(19)20(26)23(21(17)27)11-13-4-2-5-14(10-13)24(28)29/h2-10H,11H2,1H3,(H,22,25). The van der Waals surface area contributed by atoms with Gasteiger partial charge in [0.15, 0.2) is 0 Å². The second-order valence-electron chi connectivity index (χ2n) is 6.69. The van der Waals surface area contributed by atoms with E-state index in [-0.39, 0.29) is 18.1 Å². The van der Waals surface area contributed by atoms with Gasteiger partial charge in [-0.3, -0.25) is 29.4 Å². The average molecular weight is 389 g/mol. The summed E-state index contributed by atoms with van der Waals surface area (Å²) in [5.74, 6) is -1.23. The first-order chi connectivity index (χ1) is 13.9. The van der Waals surface area contributed by atoms with Crippen molar-refractivity contribution in [1.82, 2.24) is 4.90 Å². The van der Waals surface area contributed by atoms with E-state index in [1.54, 1.807) is 36.4 Å². The second-order valence-corrected chi connectivity index (χ2v) is 6.69. The van der Waals surface area contributed by atoms with Crippen molar-refractivity contribution in [3.8, 4) is 0 Å². The Balaban J connectivity index is 1.78. The molecule has 0 saturated carbocycles. The van der Waals surface area contributed by atoms with Crippen LogP contribution in [0, 0.1) is 10.1 Å². The summed E-state index contributed by atoms with van der Waals surface area (Å²) in [6.07, 6.45) is 0. The minimum atomic E-state index is -0.525. The molecule has 29 heavy (non-hydrogen) atoms. The molecule has 1 aliphatic heterocycles. The summed E-state index contributed by atoms with van der Waals surface area (Å²) in [5, 5.41) is 14.8. The molecule has 4 rings (SSSR count). The first-order valence-electron chi connectivity index (χ1n) is 8.79. The number of anilines is 1. The van der Waals surface area contributed by atoms with Crippen LogP contribution < -0.4 is 5.32 Å². The molecule has 8 heteroatoms. The highest BCUT2D eigenvalue weighted by Crippen LogP contribution is 2.35. The van der Waals surface area contributed by atoms with Crippen LogP contribution in [0.3, 0.4) is 0 Å². The monoisotopic (exact) mass is 389 g/mol. The third-order valence-corrected chi connectivity index (χ3v) is 4.76. The molecule has 0 radical (unpaired) electrons. The molecule has 0 saturated heterocycles. The lowest BCUT2D eigenvalue weighted by Crippen LogP contribution is -2.39. The van der Waals surface area contributed by atoms with Gasteiger partial charge in [0, 0.05) is 46.6 Å². The molecule has 0 fully saturated rings. The summed E-state index contributed by atoms with van der Waals surface area (Å²) in [5.41, 5.74) is 1.57. The quantitative estimate of drug-likeness (QED) is 0.417. The van der Waals surface area contributed by atoms with Crippen LogP contribution in [0.25, 0.3) is 10.8 Å². The fourth-order valence-corrected chi connectivity index (χ4v) is 3.54. The fraction of sp³-hybridized carbons (Fsp3) is 0.0952. The molecule has 3 amide bonds. The topological polar surface area (TPSA) is 110 Å². The van der Waals surface area contributed by atoms with Crippen LogP contribution in [0.2, 0.25) is 0 Å². The fourth-order valence-electron chi connectivity index (χ4n) is 3.54. The third kappa shape index (κ3) is 3.10. The molecule has 144 valence electrons. The Bertz CT molecular complexity index is 1200. The van der Waals surface area contributed by atoms with Crippen LogP contribution in [0.15, 0.2) is 54.6 Å². The summed E-state index contributed by atoms with van der Waals surface area (Å²) in [6.45, 7) is 1.30. The minimum absolute atomic E-state index is 0.0807. The zero-order chi connectivity index (χ0) is 20.7. The number of hydrogen-bond donors (Lipinski definition) is 1. The Morgan fingerprint density at radius 3 is 2.41 bits per heavy atom. The van der Waals surface area contributed by atoms with Gasteiger partial charge in [-0.05, 0) is 23.8 Å². The Morgan fingerprint density at radius 2 is 1.72 bits per heavy atom. The number of non-ortho nitro benzene ring substituents is 1. The zero-order valence-electron chi connectivity index (χ0n) is 15.3. The second kappa shape index (κ2) is 6.83. The van der Waals surface area contributed by atoms with E-state index in [1.807, 2.05) is 0 Å². The van der Waals surface area contributed by atoms with Crippen LogP contribution in [0.1, 0.15) is 33.2 Å². The number of carbonyl (C=O) groups is 3. The maximum atomic E-state index is 13.1. The van der Waals surface area contributed by atoms with Crippen LogP contribution in [-0.4, -0.2) is 27.5 Å². The maximum Gasteiger partial charge on any atom is 0.269 e. The van der Waals surface area contributed by atoms with Gasteiger partial charge in [-0.2, -0.15) is 0 Å². The summed E-state index contributed by atoms with van der Waals surface area (Å²) in [7, 11) is 0. The van der Waals surface area contributed by atoms with E-state index >= 15 is 0 Å². The number of amides is 3. The largest absolute Gasteiger partial charge is 0.326 e. The number of imide groups is 1. The predicted molar refractivity (Wildman–Crippen MR) is 106 cm³/mol. The summed E-state index contributed by atoms with van der Waals surface area (Å²) in [4.78, 5) is 49.1. The highest BCUT2D eigenvalue weighted by atomic mass is 16.6. The number of nitro groups is 1. The van der Waals surface area contributed by atoms with Crippen molar-refractivity contribution in [2.75, 3.05) is 5.32 Å². The molecular formula is C21H15N3O5. The van der Waals surface area contributed by atoms with E-state index < -0.39 is 16.7 Å². The van der Waals surface area contributed by atoms with E-state index in [9.17, 15) is 24.5 Å². The molecule has 1 N–H and O–H groups in total. The van der Waals surface area contributed by atoms with Crippen molar-refractivity contribution in [1.29, 1.82) is 0 Å². The van der Waals surface area contributed by atoms with Crippen molar-refractivity contribution in [3.63, 3.8) is 0 Å². The zero-order valence-corrected chi connectivity index (χ0v) is 15.3. The van der Waals surface area contributed by atoms with E-state index in [1.165, 1.54) is 25.1 Å². The molecule has 3 aromatic rings. The van der Waals surface area contributed by atoms with Crippen LogP contribution in [-0.2, 0) is 11.3 Å². The van der Waals surface area contributed by atoms with Gasteiger partial charge < -0.3 is 5.32 Å². The molecule has 8 nitrogen and oxygen atoms in total. The van der Waals surface area contributed by atoms with Gasteiger partial charge in [-0.15, -0.1) is 0 Å². The molecular weight excluding hydrogens is 374 g/mol. The average Bonchev–Trinajstić information content (AvgIpc) is 2.70. The van der Waals surface area contributed by atoms with Gasteiger partial charge in [-0.1, -0.05) is 24.3 Å². The molecule has 3 aromatic carbocycles. The number of nitrogens with one attached hydrogen (secondary N) is 1. The predicted octanol–water partition coefficient (Wildman–Crippen LogP) is 3.50. The highest BCUT2D eigenvalue weighted by molar-refractivity contribution is 6.27. The number of nitrogens with zero attached hydrogens (tertiary/aromatic N) is 2. The summed E-state index contributed by atoms with van der Waals surface area (Å²) in [6, 6.07) is 14.1. The smallest absolute Gasteiger partial charge is 0.269 e. The SMILES string of the molecule is CC(=O)Nc1ccc2c3c(cccc13)C(=O)N(Cc1cccc([N+](=O)[O-])c1)C2=O. The van der Waals surface area contributed by atoms with E-state index in [2.05, 4.69) is 5.32 Å². The number of nitro benzene ring substituents is 1. The Labute approximate surface area is 164 Å². The normalized spacial score (nSPS) is 12.9. The molecule has 0 aliphatic carbocycles. The van der Waals surface area contributed by atoms with Crippen molar-refractivity contribution >= 4 is 39.9 Å². The molecule has 0 unspecified atom stereocenters. The number of rotatable bonds is 4. The summed E-state index contributed by atoms with van der Waals surface area (Å²) >= 11 is 0. The Kier molecular flexibility index (Phi) is 4.31. The van der Waals surface area contributed by atoms with Crippen LogP contribution in [0.5, 0.6) is 0 Å². The van der Waals surface area contributed by atoms with Gasteiger partial charge in [0.05, 0.1) is 11.5 Å². The first-order valence-corrected chi connectivity index (χ1v) is 8.79. The van der Waals surface area contributed by atoms with Crippen molar-refractivity contribution in [3.05, 3.63) is 81.4 Å². The highest BCUT2D eigenvalue weighted by Gasteiger charge is 2.33. The molecule has 0 atom stereocenters. The lowest BCUT2D eigenvalue weighted by molar-refractivity contribution is -0.384. The lowest BCUT2D eigenvalue weighted by Gasteiger charge is -2.27. The minimum Gasteiger partial charge on any atom is -0.326 e. The van der Waals surface area contributed by atoms with Crippen molar-refractivity contribution < 1.29 is 19.3 Å². The van der Waals surface area contributed by atoms with Crippen molar-refractivity contribution in [2.24, 2.45) is 0 Å². The third-order valence-electron chi connectivity index (χ3n) is 4.76. The molecule has 0 spiro atoms. The van der Waals surface area contributed by atoms with Gasteiger partial charge >= 0.3 is 0 Å². The Hall–Kier alpha value is -4.07. The number of hydrogen-bond acceptors (Lipinski definition) is 5. The summed E-state index contributed by atoms with van der Waals surface area (Å²) < 4.78 is 0. The first kappa shape index (κ1) is 18.3. The van der Waals surface area contributed by atoms with Crippen LogP contribution >= 0.6 is 0 Å². The van der Waals surface area contributed by atoms with E-state index in [0.717, 1.165) is 4.90 Å².